The Bertz CT molecular complexity index is 2500. The number of esters is 2. The number of hydrogen-bond donors (Lipinski definition) is 6. The molecule has 6 aliphatic heterocycles. The Balaban J connectivity index is 1.08. The summed E-state index contributed by atoms with van der Waals surface area (Å²) in [6.45, 7) is 20.9. The van der Waals surface area contributed by atoms with Crippen molar-refractivity contribution in [2.24, 2.45) is 47.3 Å². The summed E-state index contributed by atoms with van der Waals surface area (Å²) < 4.78 is 31.4. The zero-order chi connectivity index (χ0) is 58.2. The molecule has 4 amide bonds. The topological polar surface area (TPSA) is 240 Å². The molecule has 0 aliphatic carbocycles. The maximum atomic E-state index is 14.7. The van der Waals surface area contributed by atoms with Crippen molar-refractivity contribution in [3.05, 3.63) is 77.9 Å². The molecule has 18 heteroatoms. The molecule has 80 heavy (non-hydrogen) atoms. The standard InChI is InChI=1S/C62H91N5O13/c1-12-44-31-38(6)62(65-56(44)71)41(9)54(70)39(7)52(79-62)34-49(69)36(4)21-15-13-16-22-37(5)50-26-17-14-18-27-51-40(8)55-46(28-29-61(11,78-51)80-55)57(72)64-53(35(2)3)58(73)63-48(33-43-23-19-24-45(32-43)76-42(10)68)59(74)67-30-20-25-47(66-67)60(75)77-50/h13-14,16-19,22-24,27,32,35-36,38-41,44,46-55,66,69-70H,12,15,20-21,25-26,28-31,33-34H2,1-11H3,(H,63,73)(H,64,72)(H,65,71)/b16-13+,17-14+,27-18-,37-22+/t36-,38-,39-,40-,41-,44-,46+,47-,48-,49-,50-,51-,52-,53-,54-,55+,61+,62+/m0/s1. The number of hydrogen-bond acceptors (Lipinski definition) is 14. The van der Waals surface area contributed by atoms with E-state index in [4.69, 9.17) is 23.7 Å². The monoisotopic (exact) mass is 1110 g/mol. The van der Waals surface area contributed by atoms with Gasteiger partial charge in [-0.3, -0.25) is 33.8 Å². The summed E-state index contributed by atoms with van der Waals surface area (Å²) in [5.41, 5.74) is 3.49. The van der Waals surface area contributed by atoms with E-state index in [1.54, 1.807) is 24.3 Å². The van der Waals surface area contributed by atoms with Gasteiger partial charge in [-0.1, -0.05) is 110 Å². The number of allylic oxidation sites excluding steroid dienone is 5. The molecule has 1 spiro atoms. The second kappa shape index (κ2) is 27.2. The lowest BCUT2D eigenvalue weighted by Gasteiger charge is -2.56. The van der Waals surface area contributed by atoms with E-state index in [9.17, 15) is 39.0 Å². The third-order valence-electron chi connectivity index (χ3n) is 17.9. The normalized spacial score (nSPS) is 37.4. The molecule has 5 bridgehead atoms. The summed E-state index contributed by atoms with van der Waals surface area (Å²) in [4.78, 5) is 82.7. The van der Waals surface area contributed by atoms with Crippen LogP contribution in [0.15, 0.2) is 72.4 Å². The van der Waals surface area contributed by atoms with Crippen LogP contribution in [0.5, 0.6) is 5.75 Å². The summed E-state index contributed by atoms with van der Waals surface area (Å²) in [7, 11) is 0. The molecule has 5 saturated heterocycles. The van der Waals surface area contributed by atoms with E-state index in [-0.39, 0.29) is 72.0 Å². The molecule has 6 N–H and O–H groups in total. The second-order valence-corrected chi connectivity index (χ2v) is 24.3. The van der Waals surface area contributed by atoms with Gasteiger partial charge >= 0.3 is 11.9 Å². The average molecular weight is 1110 g/mol. The molecule has 7 rings (SSSR count). The van der Waals surface area contributed by atoms with E-state index >= 15 is 0 Å². The van der Waals surface area contributed by atoms with Crippen LogP contribution in [0.2, 0.25) is 0 Å². The van der Waals surface area contributed by atoms with Crippen molar-refractivity contribution in [3.63, 3.8) is 0 Å². The third-order valence-corrected chi connectivity index (χ3v) is 17.9. The molecule has 0 unspecified atom stereocenters. The lowest BCUT2D eigenvalue weighted by atomic mass is 9.69. The Morgan fingerprint density at radius 1 is 0.963 bits per heavy atom. The minimum atomic E-state index is -1.17. The summed E-state index contributed by atoms with van der Waals surface area (Å²) in [5, 5.41) is 33.5. The number of carbonyl (C=O) groups is 6. The van der Waals surface area contributed by atoms with Crippen LogP contribution in [0, 0.1) is 47.3 Å². The number of aliphatic hydroxyl groups is 2. The molecule has 6 heterocycles. The molecule has 442 valence electrons. The van der Waals surface area contributed by atoms with Crippen LogP contribution < -0.4 is 26.1 Å². The van der Waals surface area contributed by atoms with Crippen LogP contribution in [-0.2, 0) is 54.1 Å². The quantitative estimate of drug-likeness (QED) is 0.0675. The first-order valence-electron chi connectivity index (χ1n) is 29.5. The minimum Gasteiger partial charge on any atom is -0.456 e. The number of aliphatic hydroxyl groups excluding tert-OH is 2. The lowest BCUT2D eigenvalue weighted by Crippen LogP contribution is -2.71. The van der Waals surface area contributed by atoms with Crippen LogP contribution in [-0.4, -0.2) is 124 Å². The highest BCUT2D eigenvalue weighted by atomic mass is 16.7. The number of ether oxygens (including phenoxy) is 5. The van der Waals surface area contributed by atoms with Gasteiger partial charge in [0, 0.05) is 68.7 Å². The van der Waals surface area contributed by atoms with Gasteiger partial charge in [0.25, 0.3) is 5.91 Å². The number of rotatable bonds is 13. The predicted octanol–water partition coefficient (Wildman–Crippen LogP) is 6.83. The maximum absolute atomic E-state index is 14.7. The first-order valence-corrected chi connectivity index (χ1v) is 29.5. The van der Waals surface area contributed by atoms with E-state index in [1.165, 1.54) is 11.9 Å². The highest BCUT2D eigenvalue weighted by Crippen LogP contribution is 2.47. The Labute approximate surface area is 473 Å². The molecule has 5 fully saturated rings. The van der Waals surface area contributed by atoms with E-state index in [1.807, 2.05) is 105 Å². The van der Waals surface area contributed by atoms with Crippen LogP contribution in [0.4, 0.5) is 0 Å². The van der Waals surface area contributed by atoms with Crippen LogP contribution in [0.1, 0.15) is 146 Å². The molecule has 0 radical (unpaired) electrons. The zero-order valence-electron chi connectivity index (χ0n) is 49.0. The highest BCUT2D eigenvalue weighted by Gasteiger charge is 2.57. The molecule has 18 nitrogen and oxygen atoms in total. The predicted molar refractivity (Wildman–Crippen MR) is 300 cm³/mol. The largest absolute Gasteiger partial charge is 0.456 e. The number of piperidine rings is 1. The fourth-order valence-electron chi connectivity index (χ4n) is 12.6. The number of cyclic esters (lactones) is 1. The lowest BCUT2D eigenvalue weighted by molar-refractivity contribution is -0.344. The SMILES string of the molecule is CC[C@H]1C[C@H](C)[C@@]2(NC1=O)O[C@@H](C[C@H](O)[C@@H](C)CC/C=C/C=C(\C)[C@@H]1C/C=C/C=C\[C@@H]3O[C@@]4(C)CC[C@@H](C(=O)N[C@@H](C(C)C)C(=O)N[C@@H](Cc5cccc(OC(C)=O)c5)C(=O)N5CCC[C@H](N5)C(=O)O1)[C@H](O4)[C@H]3C)[C@H](C)[C@H](O)[C@@H]2C. The van der Waals surface area contributed by atoms with Crippen molar-refractivity contribution >= 4 is 35.6 Å². The Morgan fingerprint density at radius 3 is 2.45 bits per heavy atom. The number of benzene rings is 1. The minimum absolute atomic E-state index is 0.00127. The molecular weight excluding hydrogens is 1020 g/mol. The molecule has 18 atom stereocenters. The van der Waals surface area contributed by atoms with Gasteiger partial charge in [0.05, 0.1) is 36.4 Å². The van der Waals surface area contributed by atoms with Gasteiger partial charge in [-0.25, -0.2) is 5.43 Å². The number of carbonyl (C=O) groups excluding carboxylic acids is 6. The van der Waals surface area contributed by atoms with Crippen molar-refractivity contribution in [3.8, 4) is 5.75 Å². The third kappa shape index (κ3) is 14.9. The van der Waals surface area contributed by atoms with Crippen molar-refractivity contribution in [1.29, 1.82) is 0 Å². The van der Waals surface area contributed by atoms with E-state index in [2.05, 4.69) is 28.3 Å². The van der Waals surface area contributed by atoms with Gasteiger partial charge in [0.2, 0.25) is 17.7 Å². The van der Waals surface area contributed by atoms with E-state index < -0.39 is 95.9 Å². The van der Waals surface area contributed by atoms with Crippen molar-refractivity contribution in [2.45, 2.75) is 213 Å². The fraction of sp³-hybridized carbons (Fsp3) is 0.677. The van der Waals surface area contributed by atoms with Crippen LogP contribution >= 0.6 is 0 Å². The molecule has 0 saturated carbocycles. The Hall–Kier alpha value is -5.24. The van der Waals surface area contributed by atoms with Gasteiger partial charge in [0.1, 0.15) is 35.7 Å². The Kier molecular flexibility index (Phi) is 21.2. The van der Waals surface area contributed by atoms with Gasteiger partial charge in [-0.05, 0) is 93.9 Å². The van der Waals surface area contributed by atoms with Gasteiger partial charge in [0.15, 0.2) is 5.79 Å². The van der Waals surface area contributed by atoms with Crippen molar-refractivity contribution in [1.82, 2.24) is 26.4 Å². The van der Waals surface area contributed by atoms with Crippen LogP contribution in [0.3, 0.4) is 0 Å². The van der Waals surface area contributed by atoms with Crippen LogP contribution in [0.25, 0.3) is 0 Å². The van der Waals surface area contributed by atoms with Gasteiger partial charge in [-0.15, -0.1) is 0 Å². The van der Waals surface area contributed by atoms with Crippen molar-refractivity contribution in [2.75, 3.05) is 6.54 Å². The molecule has 1 aromatic rings. The Morgan fingerprint density at radius 2 is 1.73 bits per heavy atom. The molecular formula is C62H91N5O13. The first kappa shape index (κ1) is 62.4. The first-order chi connectivity index (χ1) is 37.9. The average Bonchev–Trinajstić information content (AvgIpc) is 3.57. The maximum Gasteiger partial charge on any atom is 0.325 e. The number of nitrogens with zero attached hydrogens (tertiary/aromatic N) is 1. The van der Waals surface area contributed by atoms with Gasteiger partial charge < -0.3 is 49.8 Å². The molecule has 0 aromatic heterocycles. The number of amides is 4. The van der Waals surface area contributed by atoms with Gasteiger partial charge in [-0.2, -0.15) is 0 Å². The second-order valence-electron chi connectivity index (χ2n) is 24.3. The summed E-state index contributed by atoms with van der Waals surface area (Å²) in [6.07, 6.45) is 15.2. The number of fused-ring (bicyclic) bond motifs is 4. The summed E-state index contributed by atoms with van der Waals surface area (Å²) >= 11 is 0. The fourth-order valence-corrected chi connectivity index (χ4v) is 12.6. The summed E-state index contributed by atoms with van der Waals surface area (Å²) in [6, 6.07) is 3.63. The number of hydrazine groups is 1. The highest BCUT2D eigenvalue weighted by molar-refractivity contribution is 5.93. The molecule has 6 aliphatic rings. The van der Waals surface area contributed by atoms with E-state index in [0.29, 0.717) is 63.4 Å². The zero-order valence-corrected chi connectivity index (χ0v) is 49.0. The summed E-state index contributed by atoms with van der Waals surface area (Å²) in [5.74, 6) is -5.10. The molecule has 1 aromatic carbocycles. The van der Waals surface area contributed by atoms with E-state index in [0.717, 1.165) is 12.0 Å². The van der Waals surface area contributed by atoms with Crippen molar-refractivity contribution < 1.29 is 62.7 Å². The smallest absolute Gasteiger partial charge is 0.325 e. The number of nitrogens with one attached hydrogen (secondary N) is 4.